The number of nitrogens with two attached hydrogens (primary N) is 1. The van der Waals surface area contributed by atoms with E-state index in [1.54, 1.807) is 0 Å². The largest absolute Gasteiger partial charge is 0.382 e. The Morgan fingerprint density at radius 2 is 1.83 bits per heavy atom. The molecule has 0 atom stereocenters. The second kappa shape index (κ2) is 10.2. The van der Waals surface area contributed by atoms with Crippen LogP contribution in [0.4, 0.5) is 5.69 Å². The molecule has 0 aromatic heterocycles. The van der Waals surface area contributed by atoms with Crippen LogP contribution < -0.4 is 11.1 Å². The van der Waals surface area contributed by atoms with Gasteiger partial charge in [0, 0.05) is 25.4 Å². The van der Waals surface area contributed by atoms with E-state index in [-0.39, 0.29) is 29.4 Å². The molecule has 1 aromatic rings. The number of aryl methyl sites for hydroxylation is 2. The minimum Gasteiger partial charge on any atom is -0.382 e. The van der Waals surface area contributed by atoms with E-state index < -0.39 is 0 Å². The molecule has 0 bridgehead atoms. The van der Waals surface area contributed by atoms with E-state index in [0.29, 0.717) is 5.96 Å². The van der Waals surface area contributed by atoms with Crippen LogP contribution in [0.1, 0.15) is 50.2 Å². The van der Waals surface area contributed by atoms with Crippen LogP contribution in [0.2, 0.25) is 0 Å². The van der Waals surface area contributed by atoms with Gasteiger partial charge in [-0.15, -0.1) is 24.0 Å². The third-order valence-corrected chi connectivity index (χ3v) is 4.72. The predicted molar refractivity (Wildman–Crippen MR) is 113 cm³/mol. The van der Waals surface area contributed by atoms with Crippen molar-refractivity contribution in [2.24, 2.45) is 16.1 Å². The quantitative estimate of drug-likeness (QED) is 0.278. The van der Waals surface area contributed by atoms with Gasteiger partial charge in [-0.2, -0.15) is 0 Å². The van der Waals surface area contributed by atoms with Crippen LogP contribution in [-0.2, 0) is 4.74 Å². The van der Waals surface area contributed by atoms with Crippen molar-refractivity contribution in [3.05, 3.63) is 29.3 Å². The smallest absolute Gasteiger partial charge is 0.193 e. The first-order chi connectivity index (χ1) is 11.0. The minimum absolute atomic E-state index is 0. The van der Waals surface area contributed by atoms with Gasteiger partial charge in [0.05, 0.1) is 0 Å². The topological polar surface area (TPSA) is 59.6 Å². The number of guanidine groups is 1. The molecular weight excluding hydrogens is 413 g/mol. The molecule has 0 unspecified atom stereocenters. The third-order valence-electron chi connectivity index (χ3n) is 4.72. The number of benzene rings is 1. The first-order valence-electron chi connectivity index (χ1n) is 8.76. The summed E-state index contributed by atoms with van der Waals surface area (Å²) in [5, 5.41) is 3.23. The van der Waals surface area contributed by atoms with Crippen molar-refractivity contribution in [1.29, 1.82) is 0 Å². The van der Waals surface area contributed by atoms with E-state index in [4.69, 9.17) is 10.5 Å². The van der Waals surface area contributed by atoms with Crippen LogP contribution >= 0.6 is 24.0 Å². The van der Waals surface area contributed by atoms with Gasteiger partial charge in [-0.25, -0.2) is 0 Å². The molecule has 1 fully saturated rings. The fourth-order valence-corrected chi connectivity index (χ4v) is 3.53. The number of ether oxygens (including phenoxy) is 1. The Morgan fingerprint density at radius 1 is 1.21 bits per heavy atom. The Morgan fingerprint density at radius 3 is 2.42 bits per heavy atom. The summed E-state index contributed by atoms with van der Waals surface area (Å²) in [6, 6.07) is 6.34. The van der Waals surface area contributed by atoms with E-state index in [9.17, 15) is 0 Å². The van der Waals surface area contributed by atoms with Crippen LogP contribution in [0.5, 0.6) is 0 Å². The first-order valence-corrected chi connectivity index (χ1v) is 8.76. The van der Waals surface area contributed by atoms with Gasteiger partial charge in [0.25, 0.3) is 0 Å². The van der Waals surface area contributed by atoms with Gasteiger partial charge in [-0.3, -0.25) is 4.99 Å². The maximum atomic E-state index is 6.11. The first kappa shape index (κ1) is 21.2. The molecular formula is C19H32IN3O. The Kier molecular flexibility index (Phi) is 9.05. The fraction of sp³-hybridized carbons (Fsp3) is 0.632. The van der Waals surface area contributed by atoms with Gasteiger partial charge in [-0.1, -0.05) is 18.9 Å². The minimum atomic E-state index is 0. The summed E-state index contributed by atoms with van der Waals surface area (Å²) in [4.78, 5) is 4.64. The zero-order valence-corrected chi connectivity index (χ0v) is 17.6. The molecule has 24 heavy (non-hydrogen) atoms. The van der Waals surface area contributed by atoms with Gasteiger partial charge < -0.3 is 15.8 Å². The van der Waals surface area contributed by atoms with Crippen LogP contribution in [-0.4, -0.2) is 25.7 Å². The normalized spacial score (nSPS) is 16.7. The SMILES string of the molecule is CCOCCC1(CN=C(N)Nc2cc(C)cc(C)c2)CCCC1.I. The Labute approximate surface area is 163 Å². The summed E-state index contributed by atoms with van der Waals surface area (Å²) in [7, 11) is 0. The number of halogens is 1. The molecule has 0 amide bonds. The van der Waals surface area contributed by atoms with Crippen LogP contribution in [0.15, 0.2) is 23.2 Å². The molecule has 3 N–H and O–H groups in total. The summed E-state index contributed by atoms with van der Waals surface area (Å²) in [6.07, 6.45) is 6.15. The van der Waals surface area contributed by atoms with Crippen LogP contribution in [0, 0.1) is 19.3 Å². The molecule has 0 heterocycles. The van der Waals surface area contributed by atoms with Gasteiger partial charge in [0.1, 0.15) is 0 Å². The van der Waals surface area contributed by atoms with E-state index in [1.165, 1.54) is 36.8 Å². The molecule has 0 saturated heterocycles. The van der Waals surface area contributed by atoms with Crippen molar-refractivity contribution in [3.63, 3.8) is 0 Å². The molecule has 1 aromatic carbocycles. The fourth-order valence-electron chi connectivity index (χ4n) is 3.53. The number of hydrogen-bond donors (Lipinski definition) is 2. The molecule has 2 rings (SSSR count). The standard InChI is InChI=1S/C19H31N3O.HI/c1-4-23-10-9-19(7-5-6-8-19)14-21-18(20)22-17-12-15(2)11-16(3)13-17;/h11-13H,4-10,14H2,1-3H3,(H3,20,21,22);1H. The second-order valence-electron chi connectivity index (χ2n) is 6.86. The number of nitrogens with one attached hydrogen (secondary N) is 1. The lowest BCUT2D eigenvalue weighted by Gasteiger charge is -2.27. The number of hydrogen-bond acceptors (Lipinski definition) is 2. The number of nitrogens with zero attached hydrogens (tertiary/aromatic N) is 1. The van der Waals surface area contributed by atoms with Crippen molar-refractivity contribution in [1.82, 2.24) is 0 Å². The van der Waals surface area contributed by atoms with E-state index in [2.05, 4.69) is 42.4 Å². The zero-order valence-electron chi connectivity index (χ0n) is 15.2. The highest BCUT2D eigenvalue weighted by Crippen LogP contribution is 2.41. The third kappa shape index (κ3) is 6.59. The van der Waals surface area contributed by atoms with Gasteiger partial charge in [-0.05, 0) is 68.7 Å². The van der Waals surface area contributed by atoms with Gasteiger partial charge in [0.15, 0.2) is 5.96 Å². The molecule has 0 radical (unpaired) electrons. The highest BCUT2D eigenvalue weighted by atomic mass is 127. The Hall–Kier alpha value is -0.820. The summed E-state index contributed by atoms with van der Waals surface area (Å²) in [5.74, 6) is 0.512. The highest BCUT2D eigenvalue weighted by molar-refractivity contribution is 14.0. The summed E-state index contributed by atoms with van der Waals surface area (Å²) < 4.78 is 5.55. The molecule has 136 valence electrons. The van der Waals surface area contributed by atoms with Crippen molar-refractivity contribution in [2.75, 3.05) is 25.1 Å². The van der Waals surface area contributed by atoms with Crippen LogP contribution in [0.3, 0.4) is 0 Å². The molecule has 0 spiro atoms. The van der Waals surface area contributed by atoms with Crippen LogP contribution in [0.25, 0.3) is 0 Å². The molecule has 4 nitrogen and oxygen atoms in total. The monoisotopic (exact) mass is 445 g/mol. The molecule has 5 heteroatoms. The molecule has 0 aliphatic heterocycles. The predicted octanol–water partition coefficient (Wildman–Crippen LogP) is 4.64. The van der Waals surface area contributed by atoms with E-state index in [1.807, 2.05) is 6.92 Å². The second-order valence-corrected chi connectivity index (χ2v) is 6.86. The Balaban J connectivity index is 0.00000288. The number of anilines is 1. The molecule has 1 aliphatic rings. The van der Waals surface area contributed by atoms with Gasteiger partial charge in [0.2, 0.25) is 0 Å². The number of rotatable bonds is 7. The number of aliphatic imine (C=N–C) groups is 1. The molecule has 1 saturated carbocycles. The lowest BCUT2D eigenvalue weighted by molar-refractivity contribution is 0.107. The average molecular weight is 445 g/mol. The highest BCUT2D eigenvalue weighted by Gasteiger charge is 2.33. The maximum absolute atomic E-state index is 6.11. The summed E-state index contributed by atoms with van der Waals surface area (Å²) in [6.45, 7) is 8.64. The van der Waals surface area contributed by atoms with Crippen molar-refractivity contribution < 1.29 is 4.74 Å². The lowest BCUT2D eigenvalue weighted by Crippen LogP contribution is -2.28. The van der Waals surface area contributed by atoms with Crippen molar-refractivity contribution in [3.8, 4) is 0 Å². The van der Waals surface area contributed by atoms with E-state index in [0.717, 1.165) is 31.9 Å². The Bertz CT molecular complexity index is 519. The van der Waals surface area contributed by atoms with Gasteiger partial charge >= 0.3 is 0 Å². The summed E-state index contributed by atoms with van der Waals surface area (Å²) in [5.41, 5.74) is 9.85. The van der Waals surface area contributed by atoms with Crippen molar-refractivity contribution in [2.45, 2.75) is 52.9 Å². The average Bonchev–Trinajstić information content (AvgIpc) is 2.94. The molecule has 1 aliphatic carbocycles. The van der Waals surface area contributed by atoms with Crippen molar-refractivity contribution >= 4 is 35.6 Å². The zero-order chi connectivity index (χ0) is 16.7. The summed E-state index contributed by atoms with van der Waals surface area (Å²) >= 11 is 0. The maximum Gasteiger partial charge on any atom is 0.193 e. The van der Waals surface area contributed by atoms with E-state index >= 15 is 0 Å². The lowest BCUT2D eigenvalue weighted by atomic mass is 9.83.